The number of likely N-dealkylation sites (tertiary alicyclic amines) is 1. The van der Waals surface area contributed by atoms with Crippen LogP contribution in [0.1, 0.15) is 18.5 Å². The Morgan fingerprint density at radius 3 is 2.90 bits per heavy atom. The van der Waals surface area contributed by atoms with Gasteiger partial charge in [0.25, 0.3) is 0 Å². The minimum atomic E-state index is -0.0188. The van der Waals surface area contributed by atoms with Gasteiger partial charge in [0, 0.05) is 25.0 Å². The molecular formula is C17H23N3O. The average molecular weight is 285 g/mol. The Balaban J connectivity index is 1.94. The van der Waals surface area contributed by atoms with Gasteiger partial charge in [0.05, 0.1) is 12.3 Å². The molecule has 4 heteroatoms. The van der Waals surface area contributed by atoms with Crippen molar-refractivity contribution in [1.82, 2.24) is 9.88 Å². The van der Waals surface area contributed by atoms with Crippen LogP contribution in [0.3, 0.4) is 0 Å². The summed E-state index contributed by atoms with van der Waals surface area (Å²) in [7, 11) is 4.29. The van der Waals surface area contributed by atoms with E-state index in [9.17, 15) is 5.11 Å². The third kappa shape index (κ3) is 2.87. The molecular weight excluding hydrogens is 262 g/mol. The van der Waals surface area contributed by atoms with E-state index in [2.05, 4.69) is 41.0 Å². The van der Waals surface area contributed by atoms with Crippen LogP contribution >= 0.6 is 0 Å². The van der Waals surface area contributed by atoms with Crippen molar-refractivity contribution in [2.75, 3.05) is 32.1 Å². The van der Waals surface area contributed by atoms with E-state index in [1.807, 2.05) is 18.2 Å². The van der Waals surface area contributed by atoms with Gasteiger partial charge < -0.3 is 14.9 Å². The fourth-order valence-corrected chi connectivity index (χ4v) is 3.22. The van der Waals surface area contributed by atoms with E-state index in [-0.39, 0.29) is 6.61 Å². The van der Waals surface area contributed by atoms with Gasteiger partial charge in [0.1, 0.15) is 5.82 Å². The lowest BCUT2D eigenvalue weighted by atomic mass is 10.1. The molecule has 1 aliphatic heterocycles. The number of aliphatic hydroxyl groups excluding tert-OH is 1. The Bertz CT molecular complexity index is 628. The van der Waals surface area contributed by atoms with Crippen LogP contribution in [0, 0.1) is 0 Å². The number of hydrogen-bond donors (Lipinski definition) is 1. The number of pyridine rings is 1. The zero-order chi connectivity index (χ0) is 14.8. The smallest absolute Gasteiger partial charge is 0.136 e. The Labute approximate surface area is 126 Å². The molecule has 2 aromatic rings. The monoisotopic (exact) mass is 285 g/mol. The number of anilines is 1. The number of rotatable bonds is 4. The highest BCUT2D eigenvalue weighted by Crippen LogP contribution is 2.26. The minimum Gasteiger partial charge on any atom is -0.390 e. The summed E-state index contributed by atoms with van der Waals surface area (Å²) in [6.07, 6.45) is 2.53. The van der Waals surface area contributed by atoms with Crippen molar-refractivity contribution >= 4 is 16.6 Å². The summed E-state index contributed by atoms with van der Waals surface area (Å²) in [5, 5.41) is 11.7. The standard InChI is InChI=1S/C17H23N3O/c1-19-9-5-7-15(19)11-20(2)17-16-8-4-3-6-13(16)10-14(12-21)18-17/h3-4,6,8,10,15,21H,5,7,9,11-12H2,1-2H3. The van der Waals surface area contributed by atoms with E-state index in [0.717, 1.165) is 28.8 Å². The highest BCUT2D eigenvalue weighted by atomic mass is 16.3. The molecule has 1 fully saturated rings. The van der Waals surface area contributed by atoms with Gasteiger partial charge in [-0.3, -0.25) is 0 Å². The molecule has 21 heavy (non-hydrogen) atoms. The normalized spacial score (nSPS) is 19.3. The van der Waals surface area contributed by atoms with Gasteiger partial charge in [-0.1, -0.05) is 24.3 Å². The van der Waals surface area contributed by atoms with Crippen LogP contribution in [-0.4, -0.2) is 48.2 Å². The van der Waals surface area contributed by atoms with Crippen molar-refractivity contribution in [3.05, 3.63) is 36.0 Å². The lowest BCUT2D eigenvalue weighted by Crippen LogP contribution is -2.37. The number of likely N-dealkylation sites (N-methyl/N-ethyl adjacent to an activating group) is 2. The molecule has 1 unspecified atom stereocenters. The number of nitrogens with zero attached hydrogens (tertiary/aromatic N) is 3. The van der Waals surface area contributed by atoms with Crippen LogP contribution in [0.15, 0.2) is 30.3 Å². The van der Waals surface area contributed by atoms with Gasteiger partial charge in [0.2, 0.25) is 0 Å². The van der Waals surface area contributed by atoms with Gasteiger partial charge in [-0.05, 0) is 37.9 Å². The molecule has 0 saturated carbocycles. The molecule has 4 nitrogen and oxygen atoms in total. The average Bonchev–Trinajstić information content (AvgIpc) is 2.91. The lowest BCUT2D eigenvalue weighted by molar-refractivity contribution is 0.277. The highest BCUT2D eigenvalue weighted by molar-refractivity contribution is 5.92. The molecule has 0 amide bonds. The predicted octanol–water partition coefficient (Wildman–Crippen LogP) is 2.26. The van der Waals surface area contributed by atoms with Crippen LogP contribution in [-0.2, 0) is 6.61 Å². The molecule has 1 N–H and O–H groups in total. The SMILES string of the molecule is CN(CC1CCCN1C)c1nc(CO)cc2ccccc12. The maximum absolute atomic E-state index is 9.44. The van der Waals surface area contributed by atoms with Gasteiger partial charge in [-0.15, -0.1) is 0 Å². The van der Waals surface area contributed by atoms with Crippen LogP contribution < -0.4 is 4.90 Å². The van der Waals surface area contributed by atoms with E-state index < -0.39 is 0 Å². The fraction of sp³-hybridized carbons (Fsp3) is 0.471. The molecule has 0 radical (unpaired) electrons. The van der Waals surface area contributed by atoms with E-state index in [4.69, 9.17) is 0 Å². The molecule has 3 rings (SSSR count). The maximum Gasteiger partial charge on any atom is 0.136 e. The molecule has 0 aliphatic carbocycles. The number of hydrogen-bond acceptors (Lipinski definition) is 4. The summed E-state index contributed by atoms with van der Waals surface area (Å²) in [4.78, 5) is 9.30. The first-order valence-corrected chi connectivity index (χ1v) is 7.60. The van der Waals surface area contributed by atoms with Crippen molar-refractivity contribution < 1.29 is 5.11 Å². The second-order valence-corrected chi connectivity index (χ2v) is 5.97. The summed E-state index contributed by atoms with van der Waals surface area (Å²) >= 11 is 0. The third-order valence-corrected chi connectivity index (χ3v) is 4.45. The zero-order valence-electron chi connectivity index (χ0n) is 12.8. The van der Waals surface area contributed by atoms with Gasteiger partial charge in [0.15, 0.2) is 0 Å². The first-order valence-electron chi connectivity index (χ1n) is 7.60. The Kier molecular flexibility index (Phi) is 4.08. The molecule has 1 saturated heterocycles. The van der Waals surface area contributed by atoms with Crippen molar-refractivity contribution in [2.45, 2.75) is 25.5 Å². The summed E-state index contributed by atoms with van der Waals surface area (Å²) in [5.41, 5.74) is 0.732. The summed E-state index contributed by atoms with van der Waals surface area (Å²) in [5.74, 6) is 0.970. The van der Waals surface area contributed by atoms with E-state index in [1.165, 1.54) is 19.4 Å². The zero-order valence-corrected chi connectivity index (χ0v) is 12.8. The largest absolute Gasteiger partial charge is 0.390 e. The third-order valence-electron chi connectivity index (χ3n) is 4.45. The summed E-state index contributed by atoms with van der Waals surface area (Å²) in [6, 6.07) is 10.8. The lowest BCUT2D eigenvalue weighted by Gasteiger charge is -2.27. The minimum absolute atomic E-state index is 0.0188. The van der Waals surface area contributed by atoms with E-state index in [1.54, 1.807) is 0 Å². The van der Waals surface area contributed by atoms with Gasteiger partial charge >= 0.3 is 0 Å². The van der Waals surface area contributed by atoms with E-state index in [0.29, 0.717) is 6.04 Å². The number of fused-ring (bicyclic) bond motifs is 1. The quantitative estimate of drug-likeness (QED) is 0.935. The van der Waals surface area contributed by atoms with Crippen LogP contribution in [0.4, 0.5) is 5.82 Å². The molecule has 2 heterocycles. The van der Waals surface area contributed by atoms with Crippen LogP contribution in [0.25, 0.3) is 10.8 Å². The van der Waals surface area contributed by atoms with Gasteiger partial charge in [-0.2, -0.15) is 0 Å². The molecule has 1 aromatic carbocycles. The molecule has 0 bridgehead atoms. The first-order chi connectivity index (χ1) is 10.2. The van der Waals surface area contributed by atoms with Crippen molar-refractivity contribution in [1.29, 1.82) is 0 Å². The highest BCUT2D eigenvalue weighted by Gasteiger charge is 2.23. The predicted molar refractivity (Wildman–Crippen MR) is 86.6 cm³/mol. The number of benzene rings is 1. The maximum atomic E-state index is 9.44. The molecule has 112 valence electrons. The second-order valence-electron chi connectivity index (χ2n) is 5.97. The topological polar surface area (TPSA) is 39.6 Å². The molecule has 1 atom stereocenters. The molecule has 1 aromatic heterocycles. The molecule has 1 aliphatic rings. The Morgan fingerprint density at radius 2 is 2.19 bits per heavy atom. The number of aromatic nitrogens is 1. The Morgan fingerprint density at radius 1 is 1.38 bits per heavy atom. The van der Waals surface area contributed by atoms with E-state index >= 15 is 0 Å². The van der Waals surface area contributed by atoms with Crippen LogP contribution in [0.2, 0.25) is 0 Å². The second kappa shape index (κ2) is 6.00. The van der Waals surface area contributed by atoms with Crippen LogP contribution in [0.5, 0.6) is 0 Å². The Hall–Kier alpha value is -1.65. The van der Waals surface area contributed by atoms with Gasteiger partial charge in [-0.25, -0.2) is 4.98 Å². The molecule has 0 spiro atoms. The first kappa shape index (κ1) is 14.3. The fourth-order valence-electron chi connectivity index (χ4n) is 3.22. The van der Waals surface area contributed by atoms with Crippen molar-refractivity contribution in [3.63, 3.8) is 0 Å². The van der Waals surface area contributed by atoms with Crippen molar-refractivity contribution in [3.8, 4) is 0 Å². The number of aliphatic hydroxyl groups is 1. The summed E-state index contributed by atoms with van der Waals surface area (Å²) < 4.78 is 0. The summed E-state index contributed by atoms with van der Waals surface area (Å²) in [6.45, 7) is 2.14. The van der Waals surface area contributed by atoms with Crippen molar-refractivity contribution in [2.24, 2.45) is 0 Å².